The van der Waals surface area contributed by atoms with Crippen LogP contribution in [0.5, 0.6) is 0 Å². The predicted octanol–water partition coefficient (Wildman–Crippen LogP) is 2.71. The van der Waals surface area contributed by atoms with Crippen molar-refractivity contribution in [2.24, 2.45) is 10.9 Å². The summed E-state index contributed by atoms with van der Waals surface area (Å²) in [6.07, 6.45) is 1.44. The fourth-order valence-electron chi connectivity index (χ4n) is 2.96. The van der Waals surface area contributed by atoms with Gasteiger partial charge in [0.1, 0.15) is 5.60 Å². The van der Waals surface area contributed by atoms with Gasteiger partial charge in [-0.2, -0.15) is 0 Å². The molecule has 1 aliphatic heterocycles. The Hall–Kier alpha value is -1.26. The van der Waals surface area contributed by atoms with Gasteiger partial charge in [0.2, 0.25) is 0 Å². The number of hydrogen-bond acceptors (Lipinski definition) is 5. The Morgan fingerprint density at radius 3 is 2.50 bits per heavy atom. The van der Waals surface area contributed by atoms with Crippen molar-refractivity contribution in [3.63, 3.8) is 0 Å². The van der Waals surface area contributed by atoms with E-state index in [0.717, 1.165) is 25.3 Å². The zero-order valence-electron chi connectivity index (χ0n) is 18.1. The molecule has 0 spiro atoms. The lowest BCUT2D eigenvalue weighted by Gasteiger charge is -2.34. The van der Waals surface area contributed by atoms with Crippen LogP contribution in [0.2, 0.25) is 0 Å². The maximum Gasteiger partial charge on any atom is 0.410 e. The minimum atomic E-state index is -0.510. The maximum absolute atomic E-state index is 12.2. The summed E-state index contributed by atoms with van der Waals surface area (Å²) >= 11 is 0. The quantitative estimate of drug-likeness (QED) is 0.255. The molecule has 0 aromatic heterocycles. The van der Waals surface area contributed by atoms with E-state index in [1.165, 1.54) is 0 Å². The van der Waals surface area contributed by atoms with Crippen molar-refractivity contribution in [3.8, 4) is 0 Å². The third kappa shape index (κ3) is 9.29. The Kier molecular flexibility index (Phi) is 12.5. The average molecular weight is 512 g/mol. The first-order chi connectivity index (χ1) is 12.7. The van der Waals surface area contributed by atoms with Crippen LogP contribution in [0.3, 0.4) is 0 Å². The number of halogens is 1. The molecule has 1 saturated heterocycles. The molecule has 164 valence electrons. The van der Waals surface area contributed by atoms with Crippen molar-refractivity contribution in [1.29, 1.82) is 0 Å². The molecule has 0 aromatic rings. The summed E-state index contributed by atoms with van der Waals surface area (Å²) in [5, 5.41) is 3.29. The van der Waals surface area contributed by atoms with Crippen LogP contribution in [-0.2, 0) is 14.3 Å². The van der Waals surface area contributed by atoms with Crippen molar-refractivity contribution in [3.05, 3.63) is 0 Å². The molecule has 1 N–H and O–H groups in total. The number of amides is 1. The minimum absolute atomic E-state index is 0. The lowest BCUT2D eigenvalue weighted by molar-refractivity contribution is -0.149. The van der Waals surface area contributed by atoms with Gasteiger partial charge in [0.05, 0.1) is 12.5 Å². The van der Waals surface area contributed by atoms with Crippen LogP contribution >= 0.6 is 24.0 Å². The largest absolute Gasteiger partial charge is 0.466 e. The fourth-order valence-corrected chi connectivity index (χ4v) is 2.96. The van der Waals surface area contributed by atoms with Gasteiger partial charge < -0.3 is 24.6 Å². The van der Waals surface area contributed by atoms with Gasteiger partial charge in [0.25, 0.3) is 0 Å². The van der Waals surface area contributed by atoms with Crippen molar-refractivity contribution in [2.45, 2.75) is 53.1 Å². The molecule has 1 heterocycles. The smallest absolute Gasteiger partial charge is 0.410 e. The van der Waals surface area contributed by atoms with E-state index in [1.807, 2.05) is 34.6 Å². The SMILES string of the molecule is CCOC(=O)C1CCCN(C(=NC)NCCN(CC)C(=O)OC(C)(C)C)C1.I. The first-order valence-electron chi connectivity index (χ1n) is 9.82. The molecular weight excluding hydrogens is 475 g/mol. The topological polar surface area (TPSA) is 83.5 Å². The molecule has 0 radical (unpaired) electrons. The summed E-state index contributed by atoms with van der Waals surface area (Å²) < 4.78 is 10.6. The van der Waals surface area contributed by atoms with Crippen molar-refractivity contribution in [1.82, 2.24) is 15.1 Å². The van der Waals surface area contributed by atoms with Gasteiger partial charge in [-0.1, -0.05) is 0 Å². The van der Waals surface area contributed by atoms with Gasteiger partial charge in [-0.05, 0) is 47.5 Å². The van der Waals surface area contributed by atoms with Gasteiger partial charge in [0, 0.05) is 39.8 Å². The summed E-state index contributed by atoms with van der Waals surface area (Å²) in [5.74, 6) is 0.482. The van der Waals surface area contributed by atoms with Gasteiger partial charge in [-0.3, -0.25) is 9.79 Å². The van der Waals surface area contributed by atoms with Crippen molar-refractivity contribution in [2.75, 3.05) is 46.4 Å². The lowest BCUT2D eigenvalue weighted by atomic mass is 9.98. The van der Waals surface area contributed by atoms with Crippen LogP contribution in [0.4, 0.5) is 4.79 Å². The van der Waals surface area contributed by atoms with Gasteiger partial charge in [-0.25, -0.2) is 4.79 Å². The van der Waals surface area contributed by atoms with E-state index in [1.54, 1.807) is 11.9 Å². The molecule has 28 heavy (non-hydrogen) atoms. The molecule has 1 fully saturated rings. The Morgan fingerprint density at radius 1 is 1.29 bits per heavy atom. The molecule has 0 bridgehead atoms. The molecule has 0 aromatic carbocycles. The van der Waals surface area contributed by atoms with Crippen LogP contribution in [0, 0.1) is 5.92 Å². The lowest BCUT2D eigenvalue weighted by Crippen LogP contribution is -2.50. The number of nitrogens with one attached hydrogen (secondary N) is 1. The zero-order valence-corrected chi connectivity index (χ0v) is 20.4. The predicted molar refractivity (Wildman–Crippen MR) is 121 cm³/mol. The van der Waals surface area contributed by atoms with E-state index in [9.17, 15) is 9.59 Å². The van der Waals surface area contributed by atoms with Crippen molar-refractivity contribution < 1.29 is 19.1 Å². The van der Waals surface area contributed by atoms with E-state index >= 15 is 0 Å². The summed E-state index contributed by atoms with van der Waals surface area (Å²) in [6.45, 7) is 12.8. The molecule has 8 nitrogen and oxygen atoms in total. The molecule has 9 heteroatoms. The van der Waals surface area contributed by atoms with Gasteiger partial charge in [-0.15, -0.1) is 24.0 Å². The first-order valence-corrected chi connectivity index (χ1v) is 9.82. The van der Waals surface area contributed by atoms with Crippen LogP contribution < -0.4 is 5.32 Å². The molecule has 1 amide bonds. The second-order valence-corrected chi connectivity index (χ2v) is 7.57. The Bertz CT molecular complexity index is 523. The van der Waals surface area contributed by atoms with Crippen LogP contribution in [0.1, 0.15) is 47.5 Å². The standard InChI is InChI=1S/C19H36N4O4.HI/c1-7-22(18(25)27-19(3,4)5)13-11-21-17(20-6)23-12-9-10-15(14-23)16(24)26-8-2;/h15H,7-14H2,1-6H3,(H,20,21);1H. The molecule has 0 saturated carbocycles. The molecular formula is C19H37IN4O4. The van der Waals surface area contributed by atoms with Crippen LogP contribution in [0.25, 0.3) is 0 Å². The molecule has 0 aliphatic carbocycles. The summed E-state index contributed by atoms with van der Waals surface area (Å²) in [4.78, 5) is 32.3. The highest BCUT2D eigenvalue weighted by Gasteiger charge is 2.28. The second-order valence-electron chi connectivity index (χ2n) is 7.57. The molecule has 1 unspecified atom stereocenters. The molecule has 1 atom stereocenters. The third-order valence-electron chi connectivity index (χ3n) is 4.25. The highest BCUT2D eigenvalue weighted by Crippen LogP contribution is 2.18. The number of guanidine groups is 1. The highest BCUT2D eigenvalue weighted by molar-refractivity contribution is 14.0. The number of hydrogen-bond donors (Lipinski definition) is 1. The Labute approximate surface area is 186 Å². The number of esters is 1. The molecule has 1 aliphatic rings. The molecule has 1 rings (SSSR count). The number of likely N-dealkylation sites (N-methyl/N-ethyl adjacent to an activating group) is 1. The number of piperidine rings is 1. The number of aliphatic imine (C=N–C) groups is 1. The zero-order chi connectivity index (χ0) is 20.4. The monoisotopic (exact) mass is 512 g/mol. The first kappa shape index (κ1) is 26.7. The van der Waals surface area contributed by atoms with Gasteiger partial charge in [0.15, 0.2) is 5.96 Å². The Morgan fingerprint density at radius 2 is 1.96 bits per heavy atom. The average Bonchev–Trinajstić information content (AvgIpc) is 2.60. The van der Waals surface area contributed by atoms with Crippen LogP contribution in [-0.4, -0.2) is 79.8 Å². The maximum atomic E-state index is 12.2. The van der Waals surface area contributed by atoms with E-state index < -0.39 is 5.60 Å². The van der Waals surface area contributed by atoms with Crippen molar-refractivity contribution >= 4 is 42.0 Å². The van der Waals surface area contributed by atoms with E-state index in [0.29, 0.717) is 32.8 Å². The summed E-state index contributed by atoms with van der Waals surface area (Å²) in [7, 11) is 1.72. The van der Waals surface area contributed by atoms with E-state index in [4.69, 9.17) is 9.47 Å². The second kappa shape index (κ2) is 13.1. The Balaban J connectivity index is 0.00000729. The number of rotatable bonds is 6. The fraction of sp³-hybridized carbons (Fsp3) is 0.842. The van der Waals surface area contributed by atoms with E-state index in [-0.39, 0.29) is 42.0 Å². The highest BCUT2D eigenvalue weighted by atomic mass is 127. The summed E-state index contributed by atoms with van der Waals surface area (Å²) in [5.41, 5.74) is -0.510. The minimum Gasteiger partial charge on any atom is -0.466 e. The van der Waals surface area contributed by atoms with E-state index in [2.05, 4.69) is 15.2 Å². The summed E-state index contributed by atoms with van der Waals surface area (Å²) in [6, 6.07) is 0. The van der Waals surface area contributed by atoms with Gasteiger partial charge >= 0.3 is 12.1 Å². The number of nitrogens with zero attached hydrogens (tertiary/aromatic N) is 3. The van der Waals surface area contributed by atoms with Crippen LogP contribution in [0.15, 0.2) is 4.99 Å². The number of likely N-dealkylation sites (tertiary alicyclic amines) is 1. The number of carbonyl (C=O) groups is 2. The third-order valence-corrected chi connectivity index (χ3v) is 4.25. The number of ether oxygens (including phenoxy) is 2. The normalized spacial score (nSPS) is 17.4. The number of carbonyl (C=O) groups excluding carboxylic acids is 2.